The van der Waals surface area contributed by atoms with Crippen molar-refractivity contribution in [2.24, 2.45) is 5.92 Å². The van der Waals surface area contributed by atoms with Crippen LogP contribution in [0.5, 0.6) is 0 Å². The van der Waals surface area contributed by atoms with E-state index in [2.05, 4.69) is 13.8 Å². The van der Waals surface area contributed by atoms with Gasteiger partial charge in [0, 0.05) is 31.2 Å². The van der Waals surface area contributed by atoms with Crippen LogP contribution in [0.25, 0.3) is 11.1 Å². The Balaban J connectivity index is 1.93. The molecule has 1 heterocycles. The summed E-state index contributed by atoms with van der Waals surface area (Å²) < 4.78 is 27.2. The average molecular weight is 536 g/mol. The average Bonchev–Trinajstić information content (AvgIpc) is 2.87. The molecule has 3 aromatic rings. The molecule has 0 saturated carbocycles. The third-order valence-electron chi connectivity index (χ3n) is 5.69. The molecule has 5 nitrogen and oxygen atoms in total. The van der Waals surface area contributed by atoms with Gasteiger partial charge < -0.3 is 10.0 Å². The number of carbonyl (C=O) groups is 1. The van der Waals surface area contributed by atoms with Gasteiger partial charge in [-0.1, -0.05) is 61.3 Å². The Morgan fingerprint density at radius 3 is 2.44 bits per heavy atom. The highest BCUT2D eigenvalue weighted by molar-refractivity contribution is 8.43. The molecule has 0 spiro atoms. The van der Waals surface area contributed by atoms with Gasteiger partial charge in [-0.3, -0.25) is 0 Å². The molecule has 0 fully saturated rings. The maximum Gasteiger partial charge on any atom is 0.337 e. The Bertz CT molecular complexity index is 1350. The highest BCUT2D eigenvalue weighted by Gasteiger charge is 2.34. The molecule has 0 bridgehead atoms. The van der Waals surface area contributed by atoms with Crippen LogP contribution in [0.2, 0.25) is 10.0 Å². The lowest BCUT2D eigenvalue weighted by Crippen LogP contribution is -2.26. The Hall–Kier alpha value is -2.11. The van der Waals surface area contributed by atoms with Crippen molar-refractivity contribution in [2.75, 3.05) is 11.4 Å². The van der Waals surface area contributed by atoms with Crippen molar-refractivity contribution in [1.29, 1.82) is 0 Å². The van der Waals surface area contributed by atoms with Crippen LogP contribution in [0, 0.1) is 5.92 Å². The van der Waals surface area contributed by atoms with Crippen LogP contribution in [-0.2, 0) is 9.46 Å². The van der Waals surface area contributed by atoms with E-state index >= 15 is 0 Å². The van der Waals surface area contributed by atoms with E-state index in [0.29, 0.717) is 34.3 Å². The number of hydrogen-bond donors (Lipinski definition) is 1. The standard InChI is InChI=1S/C25H24Cl2NO4PS/c1-15(2)10-18-14-28(17-6-4-3-5-7-17)23-13-22(27)19(12-24(23)34(31,32)33-18)16-8-9-21(26)20(11-16)25(29)30/h3-9,11-13,15,18,33H,10,14H2,1-2H3,(H,29,30)/t18-/m1/s1. The highest BCUT2D eigenvalue weighted by Crippen LogP contribution is 2.49. The van der Waals surface area contributed by atoms with E-state index in [1.807, 2.05) is 35.2 Å². The molecule has 9 heteroatoms. The summed E-state index contributed by atoms with van der Waals surface area (Å²) in [5, 5.41) is 9.89. The second kappa shape index (κ2) is 9.87. The number of anilines is 2. The summed E-state index contributed by atoms with van der Waals surface area (Å²) in [6.07, 6.45) is 0.786. The van der Waals surface area contributed by atoms with Gasteiger partial charge in [-0.2, -0.15) is 0 Å². The lowest BCUT2D eigenvalue weighted by molar-refractivity contribution is 0.0697. The number of benzene rings is 3. The van der Waals surface area contributed by atoms with Gasteiger partial charge in [-0.15, -0.1) is 0 Å². The summed E-state index contributed by atoms with van der Waals surface area (Å²) in [4.78, 5) is 13.8. The minimum atomic E-state index is -3.61. The molecular weight excluding hydrogens is 512 g/mol. The molecule has 0 amide bonds. The van der Waals surface area contributed by atoms with Crippen molar-refractivity contribution < 1.29 is 18.3 Å². The van der Waals surface area contributed by atoms with E-state index in [-0.39, 0.29) is 28.9 Å². The topological polar surface area (TPSA) is 74.7 Å². The van der Waals surface area contributed by atoms with Crippen molar-refractivity contribution in [3.05, 3.63) is 76.3 Å². The van der Waals surface area contributed by atoms with E-state index in [0.717, 1.165) is 12.1 Å². The highest BCUT2D eigenvalue weighted by atomic mass is 35.5. The Labute approximate surface area is 211 Å². The second-order valence-corrected chi connectivity index (χ2v) is 14.3. The number of fused-ring (bicyclic) bond motifs is 1. The van der Waals surface area contributed by atoms with Crippen molar-refractivity contribution in [2.45, 2.75) is 30.8 Å². The number of rotatable bonds is 5. The first-order chi connectivity index (χ1) is 16.1. The van der Waals surface area contributed by atoms with E-state index in [4.69, 9.17) is 23.2 Å². The van der Waals surface area contributed by atoms with Gasteiger partial charge in [0.1, 0.15) is 0 Å². The zero-order chi connectivity index (χ0) is 24.6. The van der Waals surface area contributed by atoms with Gasteiger partial charge in [-0.25, -0.2) is 13.2 Å². The largest absolute Gasteiger partial charge is 0.478 e. The van der Waals surface area contributed by atoms with Crippen LogP contribution in [0.4, 0.5) is 11.4 Å². The molecule has 2 atom stereocenters. The second-order valence-electron chi connectivity index (χ2n) is 8.69. The zero-order valence-electron chi connectivity index (χ0n) is 18.6. The van der Waals surface area contributed by atoms with Gasteiger partial charge in [0.2, 0.25) is 0 Å². The first-order valence-electron chi connectivity index (χ1n) is 10.8. The molecule has 0 aromatic heterocycles. The molecule has 34 heavy (non-hydrogen) atoms. The fraction of sp³-hybridized carbons (Fsp3) is 0.240. The van der Waals surface area contributed by atoms with Crippen LogP contribution < -0.4 is 4.90 Å². The van der Waals surface area contributed by atoms with Crippen molar-refractivity contribution in [3.8, 4) is 11.1 Å². The molecule has 1 aliphatic heterocycles. The first-order valence-corrected chi connectivity index (χ1v) is 14.8. The Morgan fingerprint density at radius 2 is 1.79 bits per heavy atom. The first kappa shape index (κ1) is 25.0. The molecule has 0 radical (unpaired) electrons. The van der Waals surface area contributed by atoms with E-state index in [1.54, 1.807) is 18.2 Å². The molecule has 178 valence electrons. The fourth-order valence-electron chi connectivity index (χ4n) is 4.23. The molecule has 4 rings (SSSR count). The van der Waals surface area contributed by atoms with Gasteiger partial charge >= 0.3 is 5.97 Å². The maximum absolute atomic E-state index is 13.6. The van der Waals surface area contributed by atoms with Crippen LogP contribution in [0.1, 0.15) is 30.6 Å². The number of hydrogen-bond acceptors (Lipinski definition) is 4. The number of aromatic carboxylic acids is 1. The Morgan fingerprint density at radius 1 is 1.09 bits per heavy atom. The molecular formula is C25H24Cl2NO4PS. The summed E-state index contributed by atoms with van der Waals surface area (Å²) in [7, 11) is -3.89. The molecule has 1 aliphatic rings. The zero-order valence-corrected chi connectivity index (χ0v) is 22.0. The lowest BCUT2D eigenvalue weighted by Gasteiger charge is -2.28. The number of nitrogens with zero attached hydrogens (tertiary/aromatic N) is 1. The van der Waals surface area contributed by atoms with Crippen LogP contribution >= 0.6 is 31.0 Å². The summed E-state index contributed by atoms with van der Waals surface area (Å²) >= 11 is 12.7. The van der Waals surface area contributed by atoms with Gasteiger partial charge in [-0.05, 0) is 54.3 Å². The third kappa shape index (κ3) is 5.11. The lowest BCUT2D eigenvalue weighted by atomic mass is 10.0. The van der Waals surface area contributed by atoms with Crippen LogP contribution in [-0.4, -0.2) is 31.7 Å². The van der Waals surface area contributed by atoms with E-state index in [1.165, 1.54) is 12.1 Å². The van der Waals surface area contributed by atoms with E-state index in [9.17, 15) is 18.3 Å². The molecule has 1 N–H and O–H groups in total. The molecule has 3 aromatic carbocycles. The monoisotopic (exact) mass is 535 g/mol. The number of carboxylic acid groups (broad SMARTS) is 1. The van der Waals surface area contributed by atoms with Gasteiger partial charge in [0.25, 0.3) is 0 Å². The predicted molar refractivity (Wildman–Crippen MR) is 141 cm³/mol. The summed E-state index contributed by atoms with van der Waals surface area (Å²) in [6, 6.07) is 17.5. The summed E-state index contributed by atoms with van der Waals surface area (Å²) in [5.74, 6) is -0.812. The van der Waals surface area contributed by atoms with Crippen LogP contribution in [0.3, 0.4) is 0 Å². The summed E-state index contributed by atoms with van der Waals surface area (Å²) in [6.45, 7) is 4.75. The molecule has 1 unspecified atom stereocenters. The van der Waals surface area contributed by atoms with Gasteiger partial charge in [0.15, 0.2) is 9.46 Å². The van der Waals surface area contributed by atoms with Gasteiger partial charge in [0.05, 0.1) is 26.2 Å². The SMILES string of the molecule is CC(C)C[C@@H]1CN(c2ccccc2)c2cc(Cl)c(-c3ccc(Cl)c(C(=O)O)c3)cc2S(=O)(=O)P1. The van der Waals surface area contributed by atoms with Crippen molar-refractivity contribution >= 4 is 57.8 Å². The van der Waals surface area contributed by atoms with Crippen LogP contribution in [0.15, 0.2) is 65.6 Å². The molecule has 0 saturated heterocycles. The summed E-state index contributed by atoms with van der Waals surface area (Å²) in [5.41, 5.74) is 2.26. The quantitative estimate of drug-likeness (QED) is 0.347. The normalized spacial score (nSPS) is 18.0. The minimum absolute atomic E-state index is 0.0334. The fourth-order valence-corrected chi connectivity index (χ4v) is 9.50. The number of halogens is 2. The number of carboxylic acids is 1. The maximum atomic E-state index is 13.6. The molecule has 0 aliphatic carbocycles. The van der Waals surface area contributed by atoms with Crippen molar-refractivity contribution in [3.63, 3.8) is 0 Å². The smallest absolute Gasteiger partial charge is 0.337 e. The minimum Gasteiger partial charge on any atom is -0.478 e. The predicted octanol–water partition coefficient (Wildman–Crippen LogP) is 7.29. The third-order valence-corrected chi connectivity index (χ3v) is 10.9. The van der Waals surface area contributed by atoms with E-state index < -0.39 is 15.4 Å². The van der Waals surface area contributed by atoms with Crippen molar-refractivity contribution in [1.82, 2.24) is 0 Å². The number of para-hydroxylation sites is 1. The Kier molecular flexibility index (Phi) is 7.25.